The molecule has 0 aliphatic heterocycles. The Morgan fingerprint density at radius 3 is 1.05 bits per heavy atom. The summed E-state index contributed by atoms with van der Waals surface area (Å²) in [7, 11) is 0. The van der Waals surface area contributed by atoms with E-state index in [-0.39, 0.29) is 4.92 Å². The van der Waals surface area contributed by atoms with Gasteiger partial charge in [-0.25, -0.2) is 0 Å². The third kappa shape index (κ3) is 56.9. The second-order valence-electron chi connectivity index (χ2n) is 4.61. The van der Waals surface area contributed by atoms with Gasteiger partial charge in [0.2, 0.25) is 0 Å². The van der Waals surface area contributed by atoms with Crippen LogP contribution in [0.15, 0.2) is 0 Å². The van der Waals surface area contributed by atoms with E-state index in [1.165, 1.54) is 44.9 Å². The first-order valence-electron chi connectivity index (χ1n) is 9.19. The van der Waals surface area contributed by atoms with Gasteiger partial charge in [-0.05, 0) is 24.7 Å². The molecule has 0 saturated heterocycles. The Labute approximate surface area is 182 Å². The van der Waals surface area contributed by atoms with Crippen molar-refractivity contribution in [2.45, 2.75) is 114 Å². The van der Waals surface area contributed by atoms with E-state index >= 15 is 0 Å². The molecule has 0 amide bonds. The van der Waals surface area contributed by atoms with Crippen LogP contribution in [0, 0.1) is 5.41 Å². The molecule has 0 bridgehead atoms. The first kappa shape index (κ1) is 35.8. The van der Waals surface area contributed by atoms with Gasteiger partial charge >= 0.3 is 64.9 Å². The molecule has 4 heteroatoms. The molecule has 1 aliphatic rings. The van der Waals surface area contributed by atoms with E-state index in [0.717, 1.165) is 5.41 Å². The molecule has 1 fully saturated rings. The summed E-state index contributed by atoms with van der Waals surface area (Å²) in [5.41, 5.74) is 0.800. The van der Waals surface area contributed by atoms with Gasteiger partial charge in [0.1, 0.15) is 0 Å². The van der Waals surface area contributed by atoms with Gasteiger partial charge in [0, 0.05) is 0 Å². The van der Waals surface area contributed by atoms with E-state index in [1.807, 2.05) is 41.5 Å². The summed E-state index contributed by atoms with van der Waals surface area (Å²) in [5.74, 6) is 0. The monoisotopic (exact) mass is 692 g/mol. The number of halogens is 3. The molecule has 1 aliphatic carbocycles. The average molecular weight is 692 g/mol. The molecule has 0 aromatic carbocycles. The van der Waals surface area contributed by atoms with Crippen LogP contribution in [-0.2, 0) is 4.92 Å². The molecule has 0 heterocycles. The normalized spacial score (nSPS) is 12.3. The van der Waals surface area contributed by atoms with Crippen molar-refractivity contribution >= 4 is 59.9 Å². The Bertz CT molecular complexity index is 134. The quantitative estimate of drug-likeness (QED) is 0.258. The third-order valence-corrected chi connectivity index (χ3v) is 2.66. The molecule has 1 rings (SSSR count). The van der Waals surface area contributed by atoms with Crippen molar-refractivity contribution in [1.82, 2.24) is 0 Å². The summed E-state index contributed by atoms with van der Waals surface area (Å²) < 4.78 is 0. The van der Waals surface area contributed by atoms with Crippen LogP contribution in [0.2, 0.25) is 0 Å². The van der Waals surface area contributed by atoms with Crippen LogP contribution >= 0.6 is 59.9 Å². The molecule has 0 aromatic rings. The van der Waals surface area contributed by atoms with Crippen LogP contribution in [0.4, 0.5) is 0 Å². The maximum absolute atomic E-state index is 2.46. The third-order valence-electron chi connectivity index (χ3n) is 2.66. The van der Waals surface area contributed by atoms with Crippen molar-refractivity contribution in [1.29, 1.82) is 0 Å². The molecule has 0 nitrogen and oxygen atoms in total. The Kier molecular flexibility index (Phi) is 56.9. The number of unbranched alkanes of at least 4 members (excludes halogenated alkanes) is 2. The van der Waals surface area contributed by atoms with E-state index in [2.05, 4.69) is 87.6 Å². The number of rotatable bonds is 4. The topological polar surface area (TPSA) is 0 Å². The van der Waals surface area contributed by atoms with Gasteiger partial charge < -0.3 is 0 Å². The van der Waals surface area contributed by atoms with Crippen molar-refractivity contribution in [3.8, 4) is 0 Å². The molecule has 0 spiro atoms. The van der Waals surface area contributed by atoms with Crippen LogP contribution in [0.1, 0.15) is 114 Å². The van der Waals surface area contributed by atoms with Gasteiger partial charge in [0.25, 0.3) is 0 Å². The molecule has 0 unspecified atom stereocenters. The van der Waals surface area contributed by atoms with Gasteiger partial charge in [-0.1, -0.05) is 94.9 Å². The molecule has 0 N–H and O–H groups in total. The minimum atomic E-state index is -0.278. The zero-order chi connectivity index (χ0) is 19.0. The van der Waals surface area contributed by atoms with Crippen LogP contribution in [-0.4, -0.2) is 0 Å². The summed E-state index contributed by atoms with van der Waals surface area (Å²) in [5, 5.41) is 0. The van der Waals surface area contributed by atoms with E-state index < -0.39 is 0 Å². The Morgan fingerprint density at radius 2 is 1.00 bits per heavy atom. The summed E-state index contributed by atoms with van der Waals surface area (Å²) in [6.07, 6.45) is 9.87. The van der Waals surface area contributed by atoms with E-state index in [0.29, 0.717) is 0 Å². The first-order chi connectivity index (χ1) is 10.4. The molecule has 142 valence electrons. The van der Waals surface area contributed by atoms with Gasteiger partial charge in [-0.3, -0.25) is 0 Å². The van der Waals surface area contributed by atoms with Gasteiger partial charge in [-0.2, -0.15) is 0 Å². The Hall–Kier alpha value is 2.77. The zero-order valence-corrected chi connectivity index (χ0v) is 24.9. The Balaban J connectivity index is -0.0000000577. The van der Waals surface area contributed by atoms with Crippen LogP contribution in [0.5, 0.6) is 0 Å². The standard InChI is InChI=1S/C7H14.C5H12.3C2H6.3HI.V/c1-3-4-7(2)5-6-7;1-3-5-4-2;3*1-2;;;;/h3-6H2,1-2H3;3-5H2,1-2H3;3*1-2H3;3*1H;/q;;;;;;;;+3/p-3. The predicted molar refractivity (Wildman–Crippen MR) is 134 cm³/mol. The molecule has 22 heavy (non-hydrogen) atoms. The summed E-state index contributed by atoms with van der Waals surface area (Å²) in [6, 6.07) is 0. The van der Waals surface area contributed by atoms with Crippen LogP contribution in [0.25, 0.3) is 0 Å². The molecule has 0 atom stereocenters. The fraction of sp³-hybridized carbons (Fsp3) is 1.00. The van der Waals surface area contributed by atoms with Gasteiger partial charge in [0.15, 0.2) is 0 Å². The fourth-order valence-electron chi connectivity index (χ4n) is 1.42. The molecular formula is C18H44I3V. The van der Waals surface area contributed by atoms with Crippen molar-refractivity contribution < 1.29 is 4.92 Å². The SMILES string of the molecule is CC.CC.CC.CCCC1(C)CC1.CCCCC.[I][V]([I])[I]. The zero-order valence-electron chi connectivity index (χ0n) is 17.0. The molecule has 0 radical (unpaired) electrons. The predicted octanol–water partition coefficient (Wildman–Crippen LogP) is 10.5. The van der Waals surface area contributed by atoms with E-state index in [1.54, 1.807) is 0 Å². The molecule has 1 saturated carbocycles. The average Bonchev–Trinajstić information content (AvgIpc) is 3.24. The fourth-order valence-corrected chi connectivity index (χ4v) is 1.42. The van der Waals surface area contributed by atoms with Crippen LogP contribution < -0.4 is 0 Å². The Morgan fingerprint density at radius 1 is 0.727 bits per heavy atom. The summed E-state index contributed by atoms with van der Waals surface area (Å²) in [6.45, 7) is 21.1. The van der Waals surface area contributed by atoms with Gasteiger partial charge in [0.05, 0.1) is 0 Å². The van der Waals surface area contributed by atoms with Crippen molar-refractivity contribution in [3.63, 3.8) is 0 Å². The maximum atomic E-state index is 2.46. The van der Waals surface area contributed by atoms with Crippen molar-refractivity contribution in [3.05, 3.63) is 0 Å². The van der Waals surface area contributed by atoms with E-state index in [4.69, 9.17) is 0 Å². The molecular weight excluding hydrogens is 648 g/mol. The van der Waals surface area contributed by atoms with Crippen molar-refractivity contribution in [2.75, 3.05) is 0 Å². The van der Waals surface area contributed by atoms with Crippen LogP contribution in [0.3, 0.4) is 0 Å². The first-order valence-corrected chi connectivity index (χ1v) is 22.7. The minimum absolute atomic E-state index is 0.278. The summed E-state index contributed by atoms with van der Waals surface area (Å²) >= 11 is 7.39. The second kappa shape index (κ2) is 35.0. The summed E-state index contributed by atoms with van der Waals surface area (Å²) in [4.78, 5) is -0.278. The van der Waals surface area contributed by atoms with Crippen molar-refractivity contribution in [2.24, 2.45) is 5.41 Å². The molecule has 0 aromatic heterocycles. The second-order valence-corrected chi connectivity index (χ2v) is 40.0. The number of hydrogen-bond donors (Lipinski definition) is 0. The van der Waals surface area contributed by atoms with Gasteiger partial charge in [-0.15, -0.1) is 0 Å². The van der Waals surface area contributed by atoms with E-state index in [9.17, 15) is 0 Å². The number of hydrogen-bond acceptors (Lipinski definition) is 0.